The first-order valence-electron chi connectivity index (χ1n) is 5.62. The number of piperidine rings is 1. The topological polar surface area (TPSA) is 45.0 Å². The molecule has 0 spiro atoms. The molecule has 1 N–H and O–H groups in total. The van der Waals surface area contributed by atoms with Gasteiger partial charge in [-0.3, -0.25) is 0 Å². The van der Waals surface area contributed by atoms with Crippen LogP contribution in [0.3, 0.4) is 0 Å². The number of hydrogen-bond acceptors (Lipinski definition) is 3. The zero-order chi connectivity index (χ0) is 11.4. The van der Waals surface area contributed by atoms with Crippen molar-refractivity contribution < 1.29 is 4.74 Å². The van der Waals surface area contributed by atoms with Crippen molar-refractivity contribution in [2.24, 2.45) is 0 Å². The first-order chi connectivity index (χ1) is 7.72. The third-order valence-corrected chi connectivity index (χ3v) is 2.89. The Morgan fingerprint density at radius 1 is 1.50 bits per heavy atom. The van der Waals surface area contributed by atoms with E-state index < -0.39 is 0 Å². The third kappa shape index (κ3) is 2.53. The molecule has 84 valence electrons. The Hall–Kier alpha value is -1.53. The SMILES string of the molecule is CC1(Oc2cccc(C#N)c2)CCCNC1. The minimum atomic E-state index is -0.146. The Bertz CT molecular complexity index is 403. The van der Waals surface area contributed by atoms with Crippen LogP contribution in [-0.2, 0) is 0 Å². The van der Waals surface area contributed by atoms with Crippen LogP contribution in [0.5, 0.6) is 5.75 Å². The van der Waals surface area contributed by atoms with Gasteiger partial charge in [-0.2, -0.15) is 5.26 Å². The molecule has 1 aliphatic heterocycles. The second-order valence-corrected chi connectivity index (χ2v) is 4.47. The summed E-state index contributed by atoms with van der Waals surface area (Å²) >= 11 is 0. The predicted octanol–water partition coefficient (Wildman–Crippen LogP) is 2.08. The van der Waals surface area contributed by atoms with E-state index in [4.69, 9.17) is 10.00 Å². The van der Waals surface area contributed by atoms with Crippen LogP contribution in [0.4, 0.5) is 0 Å². The number of benzene rings is 1. The van der Waals surface area contributed by atoms with Gasteiger partial charge in [-0.1, -0.05) is 6.07 Å². The predicted molar refractivity (Wildman–Crippen MR) is 62.3 cm³/mol. The van der Waals surface area contributed by atoms with Crippen LogP contribution in [-0.4, -0.2) is 18.7 Å². The molecule has 0 bridgehead atoms. The molecule has 1 fully saturated rings. The van der Waals surface area contributed by atoms with Gasteiger partial charge in [0.15, 0.2) is 0 Å². The van der Waals surface area contributed by atoms with Crippen molar-refractivity contribution in [2.75, 3.05) is 13.1 Å². The van der Waals surface area contributed by atoms with E-state index in [9.17, 15) is 0 Å². The molecular formula is C13H16N2O. The Kier molecular flexibility index (Phi) is 3.12. The van der Waals surface area contributed by atoms with Gasteiger partial charge in [-0.15, -0.1) is 0 Å². The van der Waals surface area contributed by atoms with Gasteiger partial charge in [0.1, 0.15) is 11.4 Å². The van der Waals surface area contributed by atoms with E-state index in [0.717, 1.165) is 31.7 Å². The summed E-state index contributed by atoms with van der Waals surface area (Å²) in [6.45, 7) is 4.04. The molecule has 1 aromatic carbocycles. The van der Waals surface area contributed by atoms with E-state index in [2.05, 4.69) is 18.3 Å². The van der Waals surface area contributed by atoms with Gasteiger partial charge >= 0.3 is 0 Å². The fraction of sp³-hybridized carbons (Fsp3) is 0.462. The molecule has 1 unspecified atom stereocenters. The van der Waals surface area contributed by atoms with Crippen LogP contribution < -0.4 is 10.1 Å². The zero-order valence-electron chi connectivity index (χ0n) is 9.49. The second-order valence-electron chi connectivity index (χ2n) is 4.47. The van der Waals surface area contributed by atoms with Gasteiger partial charge in [0, 0.05) is 6.54 Å². The van der Waals surface area contributed by atoms with Gasteiger partial charge in [-0.25, -0.2) is 0 Å². The molecule has 1 aliphatic rings. The van der Waals surface area contributed by atoms with Crippen molar-refractivity contribution >= 4 is 0 Å². The van der Waals surface area contributed by atoms with E-state index in [1.165, 1.54) is 0 Å². The summed E-state index contributed by atoms with van der Waals surface area (Å²) in [5.41, 5.74) is 0.497. The minimum absolute atomic E-state index is 0.146. The largest absolute Gasteiger partial charge is 0.486 e. The van der Waals surface area contributed by atoms with Gasteiger partial charge in [0.2, 0.25) is 0 Å². The van der Waals surface area contributed by atoms with Crippen molar-refractivity contribution in [2.45, 2.75) is 25.4 Å². The Morgan fingerprint density at radius 2 is 2.38 bits per heavy atom. The Morgan fingerprint density at radius 3 is 3.06 bits per heavy atom. The van der Waals surface area contributed by atoms with Crippen molar-refractivity contribution in [3.05, 3.63) is 29.8 Å². The summed E-state index contributed by atoms with van der Waals surface area (Å²) in [6, 6.07) is 9.46. The number of nitrogens with zero attached hydrogens (tertiary/aromatic N) is 1. The standard InChI is InChI=1S/C13H16N2O/c1-13(6-3-7-15-10-13)16-12-5-2-4-11(8-12)9-14/h2,4-5,8,15H,3,6-7,10H2,1H3. The molecule has 0 saturated carbocycles. The first kappa shape index (κ1) is 11.0. The van der Waals surface area contributed by atoms with Gasteiger partial charge < -0.3 is 10.1 Å². The fourth-order valence-corrected chi connectivity index (χ4v) is 2.03. The average Bonchev–Trinajstić information content (AvgIpc) is 2.29. The number of nitrogens with one attached hydrogen (secondary N) is 1. The maximum atomic E-state index is 8.81. The van der Waals surface area contributed by atoms with Crippen molar-refractivity contribution in [1.82, 2.24) is 5.32 Å². The molecule has 0 radical (unpaired) electrons. The highest BCUT2D eigenvalue weighted by Crippen LogP contribution is 2.24. The van der Waals surface area contributed by atoms with Crippen LogP contribution in [0.15, 0.2) is 24.3 Å². The highest BCUT2D eigenvalue weighted by Gasteiger charge is 2.28. The molecular weight excluding hydrogens is 200 g/mol. The summed E-state index contributed by atoms with van der Waals surface area (Å²) in [5.74, 6) is 0.783. The Balaban J connectivity index is 2.10. The highest BCUT2D eigenvalue weighted by molar-refractivity contribution is 5.36. The molecule has 1 saturated heterocycles. The summed E-state index contributed by atoms with van der Waals surface area (Å²) in [4.78, 5) is 0. The van der Waals surface area contributed by atoms with E-state index in [1.54, 1.807) is 12.1 Å². The van der Waals surface area contributed by atoms with E-state index in [0.29, 0.717) is 5.56 Å². The molecule has 0 aliphatic carbocycles. The van der Waals surface area contributed by atoms with Crippen molar-refractivity contribution in [3.63, 3.8) is 0 Å². The van der Waals surface area contributed by atoms with E-state index in [-0.39, 0.29) is 5.60 Å². The van der Waals surface area contributed by atoms with Gasteiger partial charge in [0.25, 0.3) is 0 Å². The minimum Gasteiger partial charge on any atom is -0.486 e. The molecule has 1 atom stereocenters. The first-order valence-corrected chi connectivity index (χ1v) is 5.62. The second kappa shape index (κ2) is 4.54. The monoisotopic (exact) mass is 216 g/mol. The molecule has 1 heterocycles. The summed E-state index contributed by atoms with van der Waals surface area (Å²) in [6.07, 6.45) is 2.19. The van der Waals surface area contributed by atoms with E-state index >= 15 is 0 Å². The number of ether oxygens (including phenoxy) is 1. The van der Waals surface area contributed by atoms with Gasteiger partial charge in [-0.05, 0) is 44.5 Å². The van der Waals surface area contributed by atoms with Crippen molar-refractivity contribution in [1.29, 1.82) is 5.26 Å². The van der Waals surface area contributed by atoms with Crippen LogP contribution >= 0.6 is 0 Å². The normalized spacial score (nSPS) is 24.8. The molecule has 16 heavy (non-hydrogen) atoms. The van der Waals surface area contributed by atoms with Crippen LogP contribution in [0.25, 0.3) is 0 Å². The molecule has 0 aromatic heterocycles. The zero-order valence-corrected chi connectivity index (χ0v) is 9.49. The third-order valence-electron chi connectivity index (χ3n) is 2.89. The number of rotatable bonds is 2. The van der Waals surface area contributed by atoms with Crippen LogP contribution in [0, 0.1) is 11.3 Å². The summed E-state index contributed by atoms with van der Waals surface area (Å²) < 4.78 is 5.97. The molecule has 3 heteroatoms. The summed E-state index contributed by atoms with van der Waals surface area (Å²) in [5, 5.41) is 12.1. The molecule has 0 amide bonds. The summed E-state index contributed by atoms with van der Waals surface area (Å²) in [7, 11) is 0. The molecule has 3 nitrogen and oxygen atoms in total. The highest BCUT2D eigenvalue weighted by atomic mass is 16.5. The lowest BCUT2D eigenvalue weighted by atomic mass is 9.96. The van der Waals surface area contributed by atoms with E-state index in [1.807, 2.05) is 12.1 Å². The lowest BCUT2D eigenvalue weighted by Crippen LogP contribution is -2.47. The quantitative estimate of drug-likeness (QED) is 0.823. The number of hydrogen-bond donors (Lipinski definition) is 1. The Labute approximate surface area is 96.0 Å². The maximum Gasteiger partial charge on any atom is 0.121 e. The van der Waals surface area contributed by atoms with Gasteiger partial charge in [0.05, 0.1) is 11.6 Å². The van der Waals surface area contributed by atoms with Crippen LogP contribution in [0.2, 0.25) is 0 Å². The maximum absolute atomic E-state index is 8.81. The lowest BCUT2D eigenvalue weighted by Gasteiger charge is -2.34. The average molecular weight is 216 g/mol. The van der Waals surface area contributed by atoms with Crippen molar-refractivity contribution in [3.8, 4) is 11.8 Å². The molecule has 1 aromatic rings. The smallest absolute Gasteiger partial charge is 0.121 e. The molecule has 2 rings (SSSR count). The number of nitriles is 1. The van der Waals surface area contributed by atoms with Crippen LogP contribution in [0.1, 0.15) is 25.3 Å². The fourth-order valence-electron chi connectivity index (χ4n) is 2.03. The lowest BCUT2D eigenvalue weighted by molar-refractivity contribution is 0.0614.